The lowest BCUT2D eigenvalue weighted by Gasteiger charge is -2.35. The molecule has 10 nitrogen and oxygen atoms in total. The number of hydrogen-bond donors (Lipinski definition) is 1. The average Bonchev–Trinajstić information content (AvgIpc) is 3.01. The largest absolute Gasteiger partial charge is 0.490 e. The Morgan fingerprint density at radius 3 is 2.55 bits per heavy atom. The summed E-state index contributed by atoms with van der Waals surface area (Å²) in [5, 5.41) is 22.8. The van der Waals surface area contributed by atoms with Crippen molar-refractivity contribution < 1.29 is 24.4 Å². The zero-order chi connectivity index (χ0) is 23.8. The smallest absolute Gasteiger partial charge is 0.311 e. The van der Waals surface area contributed by atoms with Crippen LogP contribution < -0.4 is 9.64 Å². The summed E-state index contributed by atoms with van der Waals surface area (Å²) >= 11 is 0. The number of nitro benzene ring substituents is 1. The van der Waals surface area contributed by atoms with Gasteiger partial charge in [-0.2, -0.15) is 0 Å². The Hall–Kier alpha value is -3.34. The molecule has 0 saturated carbocycles. The van der Waals surface area contributed by atoms with Gasteiger partial charge in [0.15, 0.2) is 17.1 Å². The van der Waals surface area contributed by atoms with Crippen LogP contribution in [0, 0.1) is 10.1 Å². The molecule has 2 heterocycles. The van der Waals surface area contributed by atoms with Crippen LogP contribution >= 0.6 is 0 Å². The normalized spacial score (nSPS) is 21.2. The van der Waals surface area contributed by atoms with Crippen molar-refractivity contribution in [2.75, 3.05) is 51.9 Å². The maximum atomic E-state index is 13.4. The number of likely N-dealkylation sites (N-methyl/N-ethyl adjacent to an activating group) is 1. The van der Waals surface area contributed by atoms with E-state index < -0.39 is 28.6 Å². The zero-order valence-corrected chi connectivity index (χ0v) is 18.6. The first kappa shape index (κ1) is 22.8. The molecule has 1 amide bonds. The third-order valence-corrected chi connectivity index (χ3v) is 6.29. The fourth-order valence-electron chi connectivity index (χ4n) is 4.35. The van der Waals surface area contributed by atoms with Gasteiger partial charge in [0.25, 0.3) is 5.91 Å². The number of methoxy groups -OCH3 is 1. The zero-order valence-electron chi connectivity index (χ0n) is 18.6. The number of anilines is 1. The van der Waals surface area contributed by atoms with Crippen molar-refractivity contribution in [3.8, 4) is 5.75 Å². The van der Waals surface area contributed by atoms with E-state index in [-0.39, 0.29) is 17.0 Å². The van der Waals surface area contributed by atoms with E-state index >= 15 is 0 Å². The van der Waals surface area contributed by atoms with Crippen LogP contribution in [0.1, 0.15) is 22.3 Å². The quantitative estimate of drug-likeness (QED) is 0.381. The summed E-state index contributed by atoms with van der Waals surface area (Å²) in [6.07, 6.45) is -0.522. The van der Waals surface area contributed by atoms with Crippen molar-refractivity contribution in [3.63, 3.8) is 0 Å². The number of piperazine rings is 1. The molecule has 4 rings (SSSR count). The fraction of sp³-hybridized carbons (Fsp3) is 0.391. The number of ether oxygens (including phenoxy) is 1. The molecule has 0 radical (unpaired) electrons. The van der Waals surface area contributed by atoms with Gasteiger partial charge in [0.05, 0.1) is 30.8 Å². The van der Waals surface area contributed by atoms with E-state index in [4.69, 9.17) is 4.74 Å². The van der Waals surface area contributed by atoms with E-state index in [0.29, 0.717) is 17.9 Å². The number of aliphatic hydroxyl groups is 1. The van der Waals surface area contributed by atoms with E-state index in [0.717, 1.165) is 32.2 Å². The third-order valence-electron chi connectivity index (χ3n) is 6.29. The van der Waals surface area contributed by atoms with Gasteiger partial charge in [0.2, 0.25) is 0 Å². The van der Waals surface area contributed by atoms with Crippen LogP contribution in [0.2, 0.25) is 0 Å². The van der Waals surface area contributed by atoms with E-state index in [9.17, 15) is 24.8 Å². The average molecular weight is 454 g/mol. The Balaban J connectivity index is 1.61. The van der Waals surface area contributed by atoms with Crippen LogP contribution in [0.5, 0.6) is 5.75 Å². The maximum absolute atomic E-state index is 13.4. The van der Waals surface area contributed by atoms with E-state index in [1.165, 1.54) is 24.1 Å². The van der Waals surface area contributed by atoms with Crippen molar-refractivity contribution in [1.82, 2.24) is 9.80 Å². The van der Waals surface area contributed by atoms with Gasteiger partial charge in [-0.25, -0.2) is 0 Å². The van der Waals surface area contributed by atoms with Gasteiger partial charge < -0.3 is 14.7 Å². The number of hydrogen-bond acceptors (Lipinski definition) is 8. The first-order chi connectivity index (χ1) is 15.7. The summed E-state index contributed by atoms with van der Waals surface area (Å²) in [5.74, 6) is -1.12. The fourth-order valence-corrected chi connectivity index (χ4v) is 4.35. The Labute approximate surface area is 191 Å². The molecule has 2 aliphatic heterocycles. The van der Waals surface area contributed by atoms with Crippen LogP contribution in [0.3, 0.4) is 0 Å². The van der Waals surface area contributed by atoms with Gasteiger partial charge >= 0.3 is 5.69 Å². The second-order valence-corrected chi connectivity index (χ2v) is 8.42. The molecule has 0 aromatic heterocycles. The van der Waals surface area contributed by atoms with Crippen LogP contribution in [-0.4, -0.2) is 78.5 Å². The van der Waals surface area contributed by atoms with Crippen LogP contribution in [-0.2, 0) is 10.4 Å². The van der Waals surface area contributed by atoms with E-state index in [1.54, 1.807) is 24.3 Å². The van der Waals surface area contributed by atoms with Crippen molar-refractivity contribution in [2.24, 2.45) is 0 Å². The molecule has 2 aromatic carbocycles. The highest BCUT2D eigenvalue weighted by Gasteiger charge is 2.51. The van der Waals surface area contributed by atoms with Gasteiger partial charge in [0.1, 0.15) is 0 Å². The number of para-hydroxylation sites is 1. The summed E-state index contributed by atoms with van der Waals surface area (Å²) in [4.78, 5) is 43.0. The van der Waals surface area contributed by atoms with Gasteiger partial charge in [-0.1, -0.05) is 18.2 Å². The molecule has 2 aliphatic rings. The number of rotatable bonds is 7. The van der Waals surface area contributed by atoms with Crippen molar-refractivity contribution in [2.45, 2.75) is 12.0 Å². The molecule has 33 heavy (non-hydrogen) atoms. The summed E-state index contributed by atoms with van der Waals surface area (Å²) in [7, 11) is 3.34. The van der Waals surface area contributed by atoms with Gasteiger partial charge in [-0.15, -0.1) is 0 Å². The highest BCUT2D eigenvalue weighted by molar-refractivity contribution is 6.10. The predicted molar refractivity (Wildman–Crippen MR) is 120 cm³/mol. The minimum absolute atomic E-state index is 0.0240. The molecular formula is C23H26N4O6. The minimum Gasteiger partial charge on any atom is -0.490 e. The molecule has 0 bridgehead atoms. The molecule has 1 N–H and O–H groups in total. The number of Topliss-reactive ketones (excluding diaryl/α,β-unsaturated/α-hetero) is 1. The van der Waals surface area contributed by atoms with Gasteiger partial charge in [0, 0.05) is 43.4 Å². The Kier molecular flexibility index (Phi) is 6.15. The highest BCUT2D eigenvalue weighted by atomic mass is 16.6. The monoisotopic (exact) mass is 454 g/mol. The second kappa shape index (κ2) is 8.89. The van der Waals surface area contributed by atoms with E-state index in [2.05, 4.69) is 9.80 Å². The minimum atomic E-state index is -2.05. The lowest BCUT2D eigenvalue weighted by Crippen LogP contribution is -2.51. The number of carbonyl (C=O) groups is 2. The van der Waals surface area contributed by atoms with Crippen LogP contribution in [0.15, 0.2) is 42.5 Å². The number of ketones is 1. The number of amides is 1. The molecule has 1 saturated heterocycles. The van der Waals surface area contributed by atoms with Crippen molar-refractivity contribution >= 4 is 23.1 Å². The van der Waals surface area contributed by atoms with Crippen molar-refractivity contribution in [1.29, 1.82) is 0 Å². The molecule has 1 unspecified atom stereocenters. The number of fused-ring (bicyclic) bond motifs is 1. The molecular weight excluding hydrogens is 428 g/mol. The molecule has 10 heteroatoms. The molecule has 2 aromatic rings. The van der Waals surface area contributed by atoms with Gasteiger partial charge in [-0.3, -0.25) is 29.5 Å². The first-order valence-corrected chi connectivity index (χ1v) is 10.6. The Morgan fingerprint density at radius 2 is 1.88 bits per heavy atom. The summed E-state index contributed by atoms with van der Waals surface area (Å²) in [6, 6.07) is 10.7. The topological polar surface area (TPSA) is 116 Å². The molecule has 0 aliphatic carbocycles. The number of nitro groups is 1. The lowest BCUT2D eigenvalue weighted by molar-refractivity contribution is -0.385. The van der Waals surface area contributed by atoms with Crippen LogP contribution in [0.25, 0.3) is 0 Å². The number of carbonyl (C=O) groups excluding carboxylic acids is 2. The highest BCUT2D eigenvalue weighted by Crippen LogP contribution is 2.43. The third kappa shape index (κ3) is 4.20. The number of benzene rings is 2. The molecule has 174 valence electrons. The SMILES string of the molecule is COc1ccc(C(=O)CC2(O)C(=O)N(CN3CCN(C)CC3)c3ccccc32)cc1[N+](=O)[O-]. The lowest BCUT2D eigenvalue weighted by atomic mass is 9.88. The molecule has 1 atom stereocenters. The Morgan fingerprint density at radius 1 is 1.18 bits per heavy atom. The standard InChI is InChI=1S/C23H26N4O6/c1-24-9-11-25(12-10-24)15-26-18-6-4-3-5-17(18)23(30,22(26)29)14-20(28)16-7-8-21(33-2)19(13-16)27(31)32/h3-8,13,30H,9-12,14-15H2,1-2H3. The van der Waals surface area contributed by atoms with Crippen molar-refractivity contribution in [3.05, 3.63) is 63.7 Å². The molecule has 0 spiro atoms. The number of nitrogens with zero attached hydrogens (tertiary/aromatic N) is 4. The summed E-state index contributed by atoms with van der Waals surface area (Å²) < 4.78 is 4.98. The van der Waals surface area contributed by atoms with Gasteiger partial charge in [-0.05, 0) is 25.2 Å². The van der Waals surface area contributed by atoms with E-state index in [1.807, 2.05) is 7.05 Å². The van der Waals surface area contributed by atoms with Crippen LogP contribution in [0.4, 0.5) is 11.4 Å². The second-order valence-electron chi connectivity index (χ2n) is 8.42. The predicted octanol–water partition coefficient (Wildman–Crippen LogP) is 1.62. The summed E-state index contributed by atoms with van der Waals surface area (Å²) in [6.45, 7) is 3.64. The maximum Gasteiger partial charge on any atom is 0.311 e. The first-order valence-electron chi connectivity index (χ1n) is 10.6. The Bertz CT molecular complexity index is 1100. The molecule has 1 fully saturated rings. The summed E-state index contributed by atoms with van der Waals surface area (Å²) in [5.41, 5.74) is -1.45.